The first-order chi connectivity index (χ1) is 11.6. The van der Waals surface area contributed by atoms with Crippen molar-refractivity contribution in [3.63, 3.8) is 0 Å². The Balaban J connectivity index is 1.77. The van der Waals surface area contributed by atoms with E-state index in [1.807, 2.05) is 11.8 Å². The van der Waals surface area contributed by atoms with E-state index in [1.54, 1.807) is 12.1 Å². The fourth-order valence-corrected chi connectivity index (χ4v) is 3.60. The summed E-state index contributed by atoms with van der Waals surface area (Å²) in [6.07, 6.45) is 1.41. The van der Waals surface area contributed by atoms with Gasteiger partial charge in [0.1, 0.15) is 12.4 Å². The first-order valence-corrected chi connectivity index (χ1v) is 8.24. The molecule has 3 rings (SSSR count). The number of hydrogen-bond donors (Lipinski definition) is 1. The molecule has 130 valence electrons. The van der Waals surface area contributed by atoms with Crippen molar-refractivity contribution in [2.75, 3.05) is 38.2 Å². The standard InChI is InChI=1S/C17H22FN3O3/c1-2-21-15(22)11-20(12-17(21)7-9-24-10-8-17)16(23)19-14-6-4-3-5-13(14)18/h3-6H,2,7-12H2,1H3,(H,19,23). The minimum Gasteiger partial charge on any atom is -0.381 e. The Hall–Kier alpha value is -2.15. The second-order valence-electron chi connectivity index (χ2n) is 6.24. The monoisotopic (exact) mass is 335 g/mol. The Morgan fingerprint density at radius 1 is 1.33 bits per heavy atom. The van der Waals surface area contributed by atoms with Crippen LogP contribution in [0.25, 0.3) is 0 Å². The summed E-state index contributed by atoms with van der Waals surface area (Å²) in [4.78, 5) is 28.4. The lowest BCUT2D eigenvalue weighted by molar-refractivity contribution is -0.150. The molecule has 24 heavy (non-hydrogen) atoms. The van der Waals surface area contributed by atoms with Gasteiger partial charge in [-0.1, -0.05) is 12.1 Å². The first-order valence-electron chi connectivity index (χ1n) is 8.24. The minimum atomic E-state index is -0.495. The van der Waals surface area contributed by atoms with Crippen molar-refractivity contribution in [3.8, 4) is 0 Å². The third-order valence-corrected chi connectivity index (χ3v) is 4.83. The number of piperazine rings is 1. The zero-order chi connectivity index (χ0) is 17.2. The Kier molecular flexibility index (Phi) is 4.71. The molecule has 1 aromatic carbocycles. The zero-order valence-corrected chi connectivity index (χ0v) is 13.8. The highest BCUT2D eigenvalue weighted by atomic mass is 19.1. The van der Waals surface area contributed by atoms with Gasteiger partial charge in [0, 0.05) is 26.3 Å². The predicted molar refractivity (Wildman–Crippen MR) is 87.2 cm³/mol. The summed E-state index contributed by atoms with van der Waals surface area (Å²) in [6.45, 7) is 4.16. The van der Waals surface area contributed by atoms with Crippen molar-refractivity contribution in [1.82, 2.24) is 9.80 Å². The number of urea groups is 1. The molecule has 2 fully saturated rings. The number of ether oxygens (including phenoxy) is 1. The van der Waals surface area contributed by atoms with Crippen LogP contribution in [0, 0.1) is 5.82 Å². The van der Waals surface area contributed by atoms with Gasteiger partial charge in [-0.15, -0.1) is 0 Å². The van der Waals surface area contributed by atoms with Gasteiger partial charge < -0.3 is 19.9 Å². The highest BCUT2D eigenvalue weighted by Crippen LogP contribution is 2.32. The van der Waals surface area contributed by atoms with Crippen LogP contribution in [0.4, 0.5) is 14.9 Å². The number of halogens is 1. The van der Waals surface area contributed by atoms with Gasteiger partial charge in [-0.3, -0.25) is 4.79 Å². The summed E-state index contributed by atoms with van der Waals surface area (Å²) < 4.78 is 19.2. The molecule has 0 atom stereocenters. The van der Waals surface area contributed by atoms with E-state index in [9.17, 15) is 14.0 Å². The van der Waals surface area contributed by atoms with Gasteiger partial charge in [-0.05, 0) is 31.9 Å². The van der Waals surface area contributed by atoms with E-state index in [2.05, 4.69) is 5.32 Å². The molecule has 0 aromatic heterocycles. The molecule has 0 radical (unpaired) electrons. The van der Waals surface area contributed by atoms with Crippen molar-refractivity contribution >= 4 is 17.6 Å². The zero-order valence-electron chi connectivity index (χ0n) is 13.8. The normalized spacial score (nSPS) is 20.3. The molecule has 2 saturated heterocycles. The number of benzene rings is 1. The molecule has 0 unspecified atom stereocenters. The summed E-state index contributed by atoms with van der Waals surface area (Å²) in [5.74, 6) is -0.570. The lowest BCUT2D eigenvalue weighted by Crippen LogP contribution is -2.67. The maximum Gasteiger partial charge on any atom is 0.322 e. The van der Waals surface area contributed by atoms with Gasteiger partial charge in [0.25, 0.3) is 0 Å². The van der Waals surface area contributed by atoms with Crippen LogP contribution in [0.5, 0.6) is 0 Å². The summed E-state index contributed by atoms with van der Waals surface area (Å²) >= 11 is 0. The van der Waals surface area contributed by atoms with Crippen LogP contribution in [-0.4, -0.2) is 60.1 Å². The van der Waals surface area contributed by atoms with Crippen LogP contribution in [0.2, 0.25) is 0 Å². The van der Waals surface area contributed by atoms with E-state index in [0.29, 0.717) is 39.1 Å². The number of carbonyl (C=O) groups is 2. The van der Waals surface area contributed by atoms with Gasteiger partial charge in [-0.25, -0.2) is 9.18 Å². The molecule has 2 heterocycles. The molecule has 7 heteroatoms. The molecule has 1 spiro atoms. The SMILES string of the molecule is CCN1C(=O)CN(C(=O)Nc2ccccc2F)CC12CCOCC2. The Morgan fingerprint density at radius 2 is 2.04 bits per heavy atom. The average molecular weight is 335 g/mol. The van der Waals surface area contributed by atoms with E-state index < -0.39 is 11.8 Å². The molecule has 2 aliphatic rings. The van der Waals surface area contributed by atoms with Gasteiger partial charge in [0.05, 0.1) is 11.2 Å². The number of nitrogens with one attached hydrogen (secondary N) is 1. The second kappa shape index (κ2) is 6.76. The van der Waals surface area contributed by atoms with E-state index in [1.165, 1.54) is 17.0 Å². The third-order valence-electron chi connectivity index (χ3n) is 4.83. The number of para-hydroxylation sites is 1. The van der Waals surface area contributed by atoms with Crippen molar-refractivity contribution in [1.29, 1.82) is 0 Å². The predicted octanol–water partition coefficient (Wildman–Crippen LogP) is 2.07. The van der Waals surface area contributed by atoms with Crippen LogP contribution in [0.15, 0.2) is 24.3 Å². The molecular weight excluding hydrogens is 313 g/mol. The molecule has 0 aliphatic carbocycles. The summed E-state index contributed by atoms with van der Waals surface area (Å²) in [6, 6.07) is 5.55. The first kappa shape index (κ1) is 16.7. The molecule has 3 amide bonds. The lowest BCUT2D eigenvalue weighted by atomic mass is 9.85. The second-order valence-corrected chi connectivity index (χ2v) is 6.24. The number of nitrogens with zero attached hydrogens (tertiary/aromatic N) is 2. The fourth-order valence-electron chi connectivity index (χ4n) is 3.60. The summed E-state index contributed by atoms with van der Waals surface area (Å²) in [5.41, 5.74) is -0.261. The summed E-state index contributed by atoms with van der Waals surface area (Å²) in [7, 11) is 0. The fraction of sp³-hybridized carbons (Fsp3) is 0.529. The maximum atomic E-state index is 13.7. The summed E-state index contributed by atoms with van der Waals surface area (Å²) in [5, 5.41) is 2.57. The Bertz CT molecular complexity index is 631. The average Bonchev–Trinajstić information content (AvgIpc) is 2.57. The molecule has 1 N–H and O–H groups in total. The van der Waals surface area contributed by atoms with Crippen LogP contribution in [-0.2, 0) is 9.53 Å². The topological polar surface area (TPSA) is 61.9 Å². The molecule has 2 aliphatic heterocycles. The van der Waals surface area contributed by atoms with Gasteiger partial charge in [-0.2, -0.15) is 0 Å². The molecule has 0 saturated carbocycles. The lowest BCUT2D eigenvalue weighted by Gasteiger charge is -2.51. The van der Waals surface area contributed by atoms with Gasteiger partial charge in [0.2, 0.25) is 5.91 Å². The largest absolute Gasteiger partial charge is 0.381 e. The number of amides is 3. The van der Waals surface area contributed by atoms with Crippen LogP contribution < -0.4 is 5.32 Å². The van der Waals surface area contributed by atoms with Crippen LogP contribution >= 0.6 is 0 Å². The van der Waals surface area contributed by atoms with Crippen LogP contribution in [0.1, 0.15) is 19.8 Å². The van der Waals surface area contributed by atoms with Gasteiger partial charge in [0.15, 0.2) is 0 Å². The molecule has 6 nitrogen and oxygen atoms in total. The quantitative estimate of drug-likeness (QED) is 0.900. The number of hydrogen-bond acceptors (Lipinski definition) is 3. The number of likely N-dealkylation sites (N-methyl/N-ethyl adjacent to an activating group) is 1. The third kappa shape index (κ3) is 3.08. The molecule has 0 bridgehead atoms. The van der Waals surface area contributed by atoms with Crippen molar-refractivity contribution in [2.45, 2.75) is 25.3 Å². The molecular formula is C17H22FN3O3. The highest BCUT2D eigenvalue weighted by molar-refractivity contribution is 5.93. The van der Waals surface area contributed by atoms with E-state index in [0.717, 1.165) is 0 Å². The number of rotatable bonds is 2. The van der Waals surface area contributed by atoms with Gasteiger partial charge >= 0.3 is 6.03 Å². The Morgan fingerprint density at radius 3 is 2.71 bits per heavy atom. The minimum absolute atomic E-state index is 0.0106. The maximum absolute atomic E-state index is 13.7. The molecule has 1 aromatic rings. The van der Waals surface area contributed by atoms with Crippen molar-refractivity contribution in [2.24, 2.45) is 0 Å². The number of anilines is 1. The van der Waals surface area contributed by atoms with Crippen LogP contribution in [0.3, 0.4) is 0 Å². The highest BCUT2D eigenvalue weighted by Gasteiger charge is 2.46. The van der Waals surface area contributed by atoms with Crippen molar-refractivity contribution < 1.29 is 18.7 Å². The van der Waals surface area contributed by atoms with E-state index in [-0.39, 0.29) is 23.7 Å². The van der Waals surface area contributed by atoms with E-state index >= 15 is 0 Å². The Labute approximate surface area is 140 Å². The smallest absolute Gasteiger partial charge is 0.322 e. The number of carbonyl (C=O) groups excluding carboxylic acids is 2. The van der Waals surface area contributed by atoms with Crippen molar-refractivity contribution in [3.05, 3.63) is 30.1 Å². The van der Waals surface area contributed by atoms with E-state index in [4.69, 9.17) is 4.74 Å².